The highest BCUT2D eigenvalue weighted by Crippen LogP contribution is 2.46. The fraction of sp³-hybridized carbons (Fsp3) is 0.481. The van der Waals surface area contributed by atoms with E-state index in [1.165, 1.54) is 24.4 Å². The Labute approximate surface area is 221 Å². The molecular formula is C27H34ClN3O6. The van der Waals surface area contributed by atoms with Gasteiger partial charge in [-0.2, -0.15) is 0 Å². The van der Waals surface area contributed by atoms with Gasteiger partial charge in [-0.3, -0.25) is 9.36 Å². The van der Waals surface area contributed by atoms with Crippen molar-refractivity contribution in [3.05, 3.63) is 56.7 Å². The lowest BCUT2D eigenvalue weighted by Gasteiger charge is -2.42. The van der Waals surface area contributed by atoms with Gasteiger partial charge < -0.3 is 28.8 Å². The van der Waals surface area contributed by atoms with Crippen LogP contribution in [-0.4, -0.2) is 62.0 Å². The van der Waals surface area contributed by atoms with E-state index in [9.17, 15) is 9.59 Å². The molecule has 1 fully saturated rings. The van der Waals surface area contributed by atoms with Crippen molar-refractivity contribution in [2.45, 2.75) is 31.7 Å². The fourth-order valence-electron chi connectivity index (χ4n) is 5.64. The number of likely N-dealkylation sites (tertiary alicyclic amines) is 1. The zero-order chi connectivity index (χ0) is 25.2. The molecule has 0 spiro atoms. The van der Waals surface area contributed by atoms with Gasteiger partial charge in [-0.05, 0) is 56.5 Å². The topological polar surface area (TPSA) is 95.0 Å². The highest BCUT2D eigenvalue weighted by Gasteiger charge is 2.37. The van der Waals surface area contributed by atoms with Crippen LogP contribution < -0.4 is 30.2 Å². The lowest BCUT2D eigenvalue weighted by molar-refractivity contribution is 0.0902. The molecule has 0 aliphatic carbocycles. The molecule has 5 rings (SSSR count). The molecule has 9 nitrogen and oxygen atoms in total. The molecule has 1 N–H and O–H groups in total. The molecular weight excluding hydrogens is 498 g/mol. The number of halogens is 1. The first-order valence-corrected chi connectivity index (χ1v) is 12.4. The molecule has 3 heterocycles. The Bertz CT molecular complexity index is 1360. The van der Waals surface area contributed by atoms with Crippen molar-refractivity contribution < 1.29 is 18.9 Å². The van der Waals surface area contributed by atoms with Gasteiger partial charge in [0.2, 0.25) is 0 Å². The van der Waals surface area contributed by atoms with Gasteiger partial charge in [0.25, 0.3) is 5.56 Å². The maximum atomic E-state index is 13.0. The van der Waals surface area contributed by atoms with Crippen LogP contribution in [0.4, 0.5) is 0 Å². The number of hydrogen-bond acceptors (Lipinski definition) is 7. The third-order valence-electron chi connectivity index (χ3n) is 7.48. The maximum absolute atomic E-state index is 13.0. The van der Waals surface area contributed by atoms with E-state index < -0.39 is 5.69 Å². The van der Waals surface area contributed by atoms with Gasteiger partial charge in [-0.25, -0.2) is 4.79 Å². The summed E-state index contributed by atoms with van der Waals surface area (Å²) >= 11 is 0. The van der Waals surface area contributed by atoms with E-state index in [4.69, 9.17) is 18.9 Å². The van der Waals surface area contributed by atoms with Gasteiger partial charge in [0.1, 0.15) is 11.5 Å². The van der Waals surface area contributed by atoms with Crippen LogP contribution in [0.3, 0.4) is 0 Å². The second-order valence-electron chi connectivity index (χ2n) is 9.49. The van der Waals surface area contributed by atoms with E-state index in [0.29, 0.717) is 40.8 Å². The van der Waals surface area contributed by atoms with Gasteiger partial charge in [0.15, 0.2) is 11.5 Å². The number of piperidine rings is 1. The molecule has 0 radical (unpaired) electrons. The van der Waals surface area contributed by atoms with E-state index in [-0.39, 0.29) is 18.0 Å². The number of unbranched alkanes of at least 4 members (excludes halogenated alkanes) is 1. The Kier molecular flexibility index (Phi) is 8.34. The fourth-order valence-corrected chi connectivity index (χ4v) is 5.64. The predicted octanol–water partition coefficient (Wildman–Crippen LogP) is 3.42. The molecule has 0 unspecified atom stereocenters. The highest BCUT2D eigenvalue weighted by atomic mass is 35.5. The predicted molar refractivity (Wildman–Crippen MR) is 144 cm³/mol. The number of nitrogens with one attached hydrogen (secondary N) is 1. The number of nitrogens with zero attached hydrogens (tertiary/aromatic N) is 2. The van der Waals surface area contributed by atoms with E-state index in [1.807, 2.05) is 18.2 Å². The summed E-state index contributed by atoms with van der Waals surface area (Å²) in [6.07, 6.45) is 2.70. The largest absolute Gasteiger partial charge is 0.496 e. The molecule has 2 atom stereocenters. The summed E-state index contributed by atoms with van der Waals surface area (Å²) in [5.74, 6) is 3.67. The van der Waals surface area contributed by atoms with Gasteiger partial charge in [-0.1, -0.05) is 6.07 Å². The minimum Gasteiger partial charge on any atom is -0.496 e. The lowest BCUT2D eigenvalue weighted by atomic mass is 9.78. The Morgan fingerprint density at radius 1 is 1.00 bits per heavy atom. The number of benzene rings is 2. The molecule has 200 valence electrons. The normalized spacial score (nSPS) is 18.8. The van der Waals surface area contributed by atoms with Gasteiger partial charge in [0.05, 0.1) is 38.8 Å². The second kappa shape index (κ2) is 11.5. The number of fused-ring (bicyclic) bond motifs is 4. The first-order valence-electron chi connectivity index (χ1n) is 12.4. The molecule has 2 aliphatic rings. The molecule has 2 aliphatic heterocycles. The summed E-state index contributed by atoms with van der Waals surface area (Å²) in [4.78, 5) is 30.9. The summed E-state index contributed by atoms with van der Waals surface area (Å²) in [6, 6.07) is 9.26. The SMILES string of the molecule is COc1cc2[nH]c(=O)n(CCCCN3CC[C@@H]4c5c(OC)cccc5OC[C@H]4C3)c(=O)c2cc1OC.Cl. The average molecular weight is 532 g/mol. The quantitative estimate of drug-likeness (QED) is 0.445. The first kappa shape index (κ1) is 26.9. The van der Waals surface area contributed by atoms with E-state index >= 15 is 0 Å². The third kappa shape index (κ3) is 5.15. The van der Waals surface area contributed by atoms with Crippen LogP contribution in [0.15, 0.2) is 39.9 Å². The molecule has 10 heteroatoms. The Balaban J connectivity index is 0.00000320. The average Bonchev–Trinajstić information content (AvgIpc) is 2.91. The van der Waals surface area contributed by atoms with Crippen molar-refractivity contribution in [3.8, 4) is 23.0 Å². The van der Waals surface area contributed by atoms with Crippen LogP contribution in [0.25, 0.3) is 10.9 Å². The maximum Gasteiger partial charge on any atom is 0.328 e. The molecule has 2 aromatic carbocycles. The molecule has 1 aromatic heterocycles. The van der Waals surface area contributed by atoms with Crippen LogP contribution in [0, 0.1) is 5.92 Å². The number of H-pyrrole nitrogens is 1. The summed E-state index contributed by atoms with van der Waals surface area (Å²) in [7, 11) is 4.75. The van der Waals surface area contributed by atoms with Crippen molar-refractivity contribution in [2.24, 2.45) is 5.92 Å². The number of hydrogen-bond donors (Lipinski definition) is 1. The summed E-state index contributed by atoms with van der Waals surface area (Å²) in [5, 5.41) is 0.405. The van der Waals surface area contributed by atoms with Crippen LogP contribution in [0.5, 0.6) is 23.0 Å². The van der Waals surface area contributed by atoms with Crippen LogP contribution >= 0.6 is 12.4 Å². The van der Waals surface area contributed by atoms with Crippen molar-refractivity contribution in [1.29, 1.82) is 0 Å². The molecule has 0 bridgehead atoms. The van der Waals surface area contributed by atoms with Gasteiger partial charge in [-0.15, -0.1) is 12.4 Å². The second-order valence-corrected chi connectivity index (χ2v) is 9.49. The zero-order valence-corrected chi connectivity index (χ0v) is 22.3. The van der Waals surface area contributed by atoms with Gasteiger partial charge in [0, 0.05) is 30.6 Å². The molecule has 37 heavy (non-hydrogen) atoms. The summed E-state index contributed by atoms with van der Waals surface area (Å²) < 4.78 is 23.6. The van der Waals surface area contributed by atoms with Crippen molar-refractivity contribution in [2.75, 3.05) is 47.6 Å². The number of rotatable bonds is 8. The van der Waals surface area contributed by atoms with Crippen LogP contribution in [0.1, 0.15) is 30.7 Å². The van der Waals surface area contributed by atoms with Crippen molar-refractivity contribution >= 4 is 23.3 Å². The summed E-state index contributed by atoms with van der Waals surface area (Å²) in [5.41, 5.74) is 0.921. The minimum absolute atomic E-state index is 0. The zero-order valence-electron chi connectivity index (χ0n) is 21.5. The van der Waals surface area contributed by atoms with Gasteiger partial charge >= 0.3 is 5.69 Å². The minimum atomic E-state index is -0.410. The van der Waals surface area contributed by atoms with Crippen molar-refractivity contribution in [3.63, 3.8) is 0 Å². The standard InChI is InChI=1S/C27H33N3O6.ClH/c1-33-21-7-6-8-22-25(21)18-9-12-29(15-17(18)16-36-22)10-4-5-11-30-26(31)19-13-23(34-2)24(35-3)14-20(19)28-27(30)32;/h6-8,13-14,17-18H,4-5,9-12,15-16H2,1-3H3,(H,28,32);1H/t17-,18+;/m1./s1. The third-order valence-corrected chi connectivity index (χ3v) is 7.48. The Hall–Kier alpha value is -3.17. The Morgan fingerprint density at radius 3 is 2.49 bits per heavy atom. The smallest absolute Gasteiger partial charge is 0.328 e. The van der Waals surface area contributed by atoms with E-state index in [2.05, 4.69) is 9.88 Å². The van der Waals surface area contributed by atoms with Crippen LogP contribution in [-0.2, 0) is 6.54 Å². The number of methoxy groups -OCH3 is 3. The first-order chi connectivity index (χ1) is 17.5. The monoisotopic (exact) mass is 531 g/mol. The number of aromatic amines is 1. The highest BCUT2D eigenvalue weighted by molar-refractivity contribution is 5.85. The van der Waals surface area contributed by atoms with E-state index in [0.717, 1.165) is 57.0 Å². The molecule has 0 amide bonds. The molecule has 1 saturated heterocycles. The Morgan fingerprint density at radius 2 is 1.73 bits per heavy atom. The lowest BCUT2D eigenvalue weighted by Crippen LogP contribution is -2.44. The summed E-state index contributed by atoms with van der Waals surface area (Å²) in [6.45, 7) is 3.99. The van der Waals surface area contributed by atoms with E-state index in [1.54, 1.807) is 19.2 Å². The number of ether oxygens (including phenoxy) is 4. The molecule has 3 aromatic rings. The van der Waals surface area contributed by atoms with Crippen molar-refractivity contribution in [1.82, 2.24) is 14.5 Å². The molecule has 0 saturated carbocycles. The van der Waals surface area contributed by atoms with Crippen LogP contribution in [0.2, 0.25) is 0 Å². The number of aromatic nitrogens is 2.